The number of hydrogen-bond donors (Lipinski definition) is 0. The van der Waals surface area contributed by atoms with Crippen molar-refractivity contribution < 1.29 is 9.66 Å². The van der Waals surface area contributed by atoms with Crippen LogP contribution in [-0.2, 0) is 0 Å². The first-order valence-electron chi connectivity index (χ1n) is 7.44. The van der Waals surface area contributed by atoms with E-state index < -0.39 is 4.92 Å². The molecule has 2 heterocycles. The molecule has 7 nitrogen and oxygen atoms in total. The molecule has 24 heavy (non-hydrogen) atoms. The zero-order valence-corrected chi connectivity index (χ0v) is 13.0. The highest BCUT2D eigenvalue weighted by Crippen LogP contribution is 2.27. The lowest BCUT2D eigenvalue weighted by atomic mass is 10.1. The predicted octanol–water partition coefficient (Wildman–Crippen LogP) is 3.57. The van der Waals surface area contributed by atoms with Gasteiger partial charge in [0.2, 0.25) is 0 Å². The second-order valence-electron chi connectivity index (χ2n) is 5.17. The first-order valence-corrected chi connectivity index (χ1v) is 7.44. The third-order valence-corrected chi connectivity index (χ3v) is 3.52. The van der Waals surface area contributed by atoms with Gasteiger partial charge in [0.15, 0.2) is 5.69 Å². The normalized spacial score (nSPS) is 10.5. The summed E-state index contributed by atoms with van der Waals surface area (Å²) >= 11 is 0. The van der Waals surface area contributed by atoms with Crippen LogP contribution in [0, 0.1) is 21.4 Å². The lowest BCUT2D eigenvalue weighted by Crippen LogP contribution is -1.95. The van der Waals surface area contributed by atoms with E-state index in [2.05, 4.69) is 11.1 Å². The van der Waals surface area contributed by atoms with Crippen molar-refractivity contribution in [2.45, 2.75) is 13.3 Å². The van der Waals surface area contributed by atoms with Gasteiger partial charge in [0, 0.05) is 11.6 Å². The molecule has 0 aliphatic rings. The molecule has 0 fully saturated rings. The highest BCUT2D eigenvalue weighted by molar-refractivity contribution is 5.70. The fourth-order valence-corrected chi connectivity index (χ4v) is 2.38. The van der Waals surface area contributed by atoms with E-state index in [1.807, 2.05) is 31.2 Å². The van der Waals surface area contributed by atoms with Crippen molar-refractivity contribution in [1.29, 1.82) is 5.26 Å². The quantitative estimate of drug-likeness (QED) is 0.529. The molecule has 7 heteroatoms. The Balaban J connectivity index is 2.06. The van der Waals surface area contributed by atoms with Gasteiger partial charge in [-0.3, -0.25) is 14.5 Å². The van der Waals surface area contributed by atoms with Gasteiger partial charge >= 0.3 is 0 Å². The molecular formula is C17H14N4O3. The van der Waals surface area contributed by atoms with Crippen molar-refractivity contribution in [2.75, 3.05) is 6.61 Å². The van der Waals surface area contributed by atoms with Crippen molar-refractivity contribution in [1.82, 2.24) is 9.38 Å². The lowest BCUT2D eigenvalue weighted by molar-refractivity contribution is -0.385. The summed E-state index contributed by atoms with van der Waals surface area (Å²) in [5, 5.41) is 20.4. The molecule has 120 valence electrons. The second-order valence-corrected chi connectivity index (χ2v) is 5.17. The predicted molar refractivity (Wildman–Crippen MR) is 87.8 cm³/mol. The van der Waals surface area contributed by atoms with Crippen molar-refractivity contribution in [2.24, 2.45) is 0 Å². The first kappa shape index (κ1) is 15.5. The van der Waals surface area contributed by atoms with E-state index >= 15 is 0 Å². The molecule has 2 aromatic heterocycles. The third kappa shape index (κ3) is 2.77. The van der Waals surface area contributed by atoms with Gasteiger partial charge in [0.05, 0.1) is 17.7 Å². The van der Waals surface area contributed by atoms with Crippen LogP contribution in [0.4, 0.5) is 5.69 Å². The summed E-state index contributed by atoms with van der Waals surface area (Å²) in [6.45, 7) is 2.67. The monoisotopic (exact) mass is 322 g/mol. The van der Waals surface area contributed by atoms with E-state index in [0.717, 1.165) is 17.7 Å². The molecule has 0 spiro atoms. The smallest absolute Gasteiger partial charge is 0.286 e. The summed E-state index contributed by atoms with van der Waals surface area (Å²) in [6, 6.07) is 12.3. The number of nitrogens with zero attached hydrogens (tertiary/aromatic N) is 4. The number of ether oxygens (including phenoxy) is 1. The van der Waals surface area contributed by atoms with Crippen LogP contribution in [-0.4, -0.2) is 20.9 Å². The maximum atomic E-state index is 10.9. The van der Waals surface area contributed by atoms with E-state index in [1.165, 1.54) is 22.7 Å². The molecule has 0 radical (unpaired) electrons. The van der Waals surface area contributed by atoms with Crippen LogP contribution in [0.3, 0.4) is 0 Å². The molecule has 0 bridgehead atoms. The van der Waals surface area contributed by atoms with E-state index in [4.69, 9.17) is 4.74 Å². The molecule has 0 amide bonds. The van der Waals surface area contributed by atoms with Crippen LogP contribution in [0.5, 0.6) is 5.75 Å². The molecule has 0 aliphatic heterocycles. The Morgan fingerprint density at radius 2 is 2.04 bits per heavy atom. The van der Waals surface area contributed by atoms with Crippen LogP contribution >= 0.6 is 0 Å². The van der Waals surface area contributed by atoms with Crippen LogP contribution in [0.1, 0.15) is 19.0 Å². The molecular weight excluding hydrogens is 308 g/mol. The SMILES string of the molecule is CCCOc1ccc(-c2nc3ccc([N+](=O)[O-])cn3c2C#N)cc1. The summed E-state index contributed by atoms with van der Waals surface area (Å²) in [7, 11) is 0. The second kappa shape index (κ2) is 6.38. The first-order chi connectivity index (χ1) is 11.6. The number of imidazole rings is 1. The summed E-state index contributed by atoms with van der Waals surface area (Å²) < 4.78 is 6.98. The molecule has 0 aliphatic carbocycles. The minimum atomic E-state index is -0.500. The summed E-state index contributed by atoms with van der Waals surface area (Å²) in [4.78, 5) is 14.8. The van der Waals surface area contributed by atoms with Gasteiger partial charge in [-0.25, -0.2) is 4.98 Å². The van der Waals surface area contributed by atoms with Gasteiger partial charge in [-0.05, 0) is 36.8 Å². The van der Waals surface area contributed by atoms with E-state index in [0.29, 0.717) is 17.9 Å². The highest BCUT2D eigenvalue weighted by atomic mass is 16.6. The van der Waals surface area contributed by atoms with Crippen molar-refractivity contribution in [3.63, 3.8) is 0 Å². The summed E-state index contributed by atoms with van der Waals surface area (Å²) in [6.07, 6.45) is 2.23. The number of aromatic nitrogens is 2. The fraction of sp³-hybridized carbons (Fsp3) is 0.176. The number of hydrogen-bond acceptors (Lipinski definition) is 5. The van der Waals surface area contributed by atoms with Crippen molar-refractivity contribution in [3.05, 3.63) is 58.4 Å². The fourth-order valence-electron chi connectivity index (χ4n) is 2.38. The Morgan fingerprint density at radius 3 is 2.67 bits per heavy atom. The number of nitro groups is 1. The Morgan fingerprint density at radius 1 is 1.29 bits per heavy atom. The van der Waals surface area contributed by atoms with Crippen LogP contribution in [0.2, 0.25) is 0 Å². The highest BCUT2D eigenvalue weighted by Gasteiger charge is 2.16. The maximum absolute atomic E-state index is 10.9. The van der Waals surface area contributed by atoms with E-state index in [1.54, 1.807) is 0 Å². The molecule has 0 saturated heterocycles. The molecule has 3 aromatic rings. The molecule has 0 N–H and O–H groups in total. The van der Waals surface area contributed by atoms with Gasteiger partial charge < -0.3 is 4.74 Å². The minimum Gasteiger partial charge on any atom is -0.494 e. The Bertz CT molecular complexity index is 939. The maximum Gasteiger partial charge on any atom is 0.286 e. The number of rotatable bonds is 5. The molecule has 0 atom stereocenters. The number of fused-ring (bicyclic) bond motifs is 1. The van der Waals surface area contributed by atoms with Gasteiger partial charge in [-0.2, -0.15) is 5.26 Å². The van der Waals surface area contributed by atoms with Crippen molar-refractivity contribution >= 4 is 11.3 Å². The average Bonchev–Trinajstić information content (AvgIpc) is 2.98. The molecule has 0 saturated carbocycles. The topological polar surface area (TPSA) is 93.5 Å². The lowest BCUT2D eigenvalue weighted by Gasteiger charge is -2.05. The molecule has 0 unspecified atom stereocenters. The largest absolute Gasteiger partial charge is 0.494 e. The third-order valence-electron chi connectivity index (χ3n) is 3.52. The van der Waals surface area contributed by atoms with Crippen LogP contribution in [0.15, 0.2) is 42.6 Å². The Hall–Kier alpha value is -3.40. The van der Waals surface area contributed by atoms with Gasteiger partial charge in [-0.15, -0.1) is 0 Å². The average molecular weight is 322 g/mol. The van der Waals surface area contributed by atoms with E-state index in [-0.39, 0.29) is 11.4 Å². The minimum absolute atomic E-state index is 0.0914. The Kier molecular flexibility index (Phi) is 4.12. The molecule has 3 rings (SSSR count). The number of nitriles is 1. The standard InChI is InChI=1S/C17H14N4O3/c1-2-9-24-14-6-3-12(4-7-14)17-15(10-18)20-11-13(21(22)23)5-8-16(20)19-17/h3-8,11H,2,9H2,1H3. The van der Waals surface area contributed by atoms with E-state index in [9.17, 15) is 15.4 Å². The zero-order chi connectivity index (χ0) is 17.1. The van der Waals surface area contributed by atoms with Gasteiger partial charge in [0.1, 0.15) is 23.2 Å². The Labute approximate surface area is 137 Å². The molecule has 1 aromatic carbocycles. The summed E-state index contributed by atoms with van der Waals surface area (Å²) in [5.41, 5.74) is 1.89. The summed E-state index contributed by atoms with van der Waals surface area (Å²) in [5.74, 6) is 0.749. The van der Waals surface area contributed by atoms with Crippen LogP contribution < -0.4 is 4.74 Å². The zero-order valence-electron chi connectivity index (χ0n) is 13.0. The van der Waals surface area contributed by atoms with Crippen LogP contribution in [0.25, 0.3) is 16.9 Å². The van der Waals surface area contributed by atoms with Gasteiger partial charge in [0.25, 0.3) is 5.69 Å². The van der Waals surface area contributed by atoms with Crippen molar-refractivity contribution in [3.8, 4) is 23.1 Å². The number of benzene rings is 1. The van der Waals surface area contributed by atoms with Gasteiger partial charge in [-0.1, -0.05) is 6.92 Å². The number of pyridine rings is 1.